The maximum absolute atomic E-state index is 11.7. The average Bonchev–Trinajstić information content (AvgIpc) is 2.63. The summed E-state index contributed by atoms with van der Waals surface area (Å²) in [5.41, 5.74) is -0.501. The van der Waals surface area contributed by atoms with E-state index in [9.17, 15) is 9.59 Å². The van der Waals surface area contributed by atoms with E-state index in [4.69, 9.17) is 14.6 Å². The zero-order valence-corrected chi connectivity index (χ0v) is 11.1. The van der Waals surface area contributed by atoms with E-state index in [0.717, 1.165) is 6.42 Å². The summed E-state index contributed by atoms with van der Waals surface area (Å²) < 4.78 is 10.6. The fourth-order valence-corrected chi connectivity index (χ4v) is 1.67. The Morgan fingerprint density at radius 3 is 2.61 bits per heavy atom. The van der Waals surface area contributed by atoms with Gasteiger partial charge in [0.1, 0.15) is 5.60 Å². The van der Waals surface area contributed by atoms with Gasteiger partial charge >= 0.3 is 12.1 Å². The van der Waals surface area contributed by atoms with E-state index in [1.807, 2.05) is 20.8 Å². The highest BCUT2D eigenvalue weighted by Crippen LogP contribution is 2.17. The van der Waals surface area contributed by atoms with Gasteiger partial charge < -0.3 is 19.5 Å². The van der Waals surface area contributed by atoms with Crippen molar-refractivity contribution in [1.29, 1.82) is 0 Å². The number of carbonyl (C=O) groups excluding carboxylic acids is 1. The molecule has 1 N–H and O–H groups in total. The number of rotatable bonds is 4. The number of likely N-dealkylation sites (tertiary alicyclic amines) is 1. The van der Waals surface area contributed by atoms with Gasteiger partial charge in [0, 0.05) is 6.54 Å². The van der Waals surface area contributed by atoms with Crippen molar-refractivity contribution in [3.63, 3.8) is 0 Å². The SMILES string of the molecule is CC(C)(C)OC(=O)N1CCC(OCCC(=O)O)C1. The summed E-state index contributed by atoms with van der Waals surface area (Å²) in [5, 5.41) is 8.49. The molecular formula is C12H21NO5. The number of aliphatic carboxylic acids is 1. The number of carboxylic acids is 1. The number of ether oxygens (including phenoxy) is 2. The Hall–Kier alpha value is -1.30. The van der Waals surface area contributed by atoms with Gasteiger partial charge in [0.25, 0.3) is 0 Å². The van der Waals surface area contributed by atoms with Gasteiger partial charge in [0.05, 0.1) is 25.7 Å². The van der Waals surface area contributed by atoms with Crippen molar-refractivity contribution >= 4 is 12.1 Å². The molecule has 0 aromatic heterocycles. The van der Waals surface area contributed by atoms with Crippen molar-refractivity contribution in [2.45, 2.75) is 45.3 Å². The molecule has 0 aromatic carbocycles. The van der Waals surface area contributed by atoms with Crippen molar-refractivity contribution < 1.29 is 24.2 Å². The zero-order chi connectivity index (χ0) is 13.8. The zero-order valence-electron chi connectivity index (χ0n) is 11.1. The minimum Gasteiger partial charge on any atom is -0.481 e. The molecule has 18 heavy (non-hydrogen) atoms. The van der Waals surface area contributed by atoms with Gasteiger partial charge in [-0.15, -0.1) is 0 Å². The molecule has 0 spiro atoms. The number of hydrogen-bond acceptors (Lipinski definition) is 4. The molecule has 1 rings (SSSR count). The Balaban J connectivity index is 2.28. The molecule has 0 aromatic rings. The monoisotopic (exact) mass is 259 g/mol. The second kappa shape index (κ2) is 6.04. The van der Waals surface area contributed by atoms with Crippen LogP contribution in [0.3, 0.4) is 0 Å². The van der Waals surface area contributed by atoms with E-state index in [2.05, 4.69) is 0 Å². The van der Waals surface area contributed by atoms with Gasteiger partial charge in [-0.25, -0.2) is 4.79 Å². The molecule has 1 amide bonds. The molecule has 104 valence electrons. The van der Waals surface area contributed by atoms with Crippen LogP contribution >= 0.6 is 0 Å². The molecule has 6 heteroatoms. The second-order valence-corrected chi connectivity index (χ2v) is 5.35. The highest BCUT2D eigenvalue weighted by atomic mass is 16.6. The van der Waals surface area contributed by atoms with Crippen molar-refractivity contribution in [1.82, 2.24) is 4.90 Å². The molecule has 1 heterocycles. The van der Waals surface area contributed by atoms with Crippen LogP contribution in [0.4, 0.5) is 4.79 Å². The van der Waals surface area contributed by atoms with Crippen molar-refractivity contribution in [2.75, 3.05) is 19.7 Å². The first-order chi connectivity index (χ1) is 8.28. The largest absolute Gasteiger partial charge is 0.481 e. The predicted molar refractivity (Wildman–Crippen MR) is 64.4 cm³/mol. The lowest BCUT2D eigenvalue weighted by molar-refractivity contribution is -0.138. The number of nitrogens with zero attached hydrogens (tertiary/aromatic N) is 1. The van der Waals surface area contributed by atoms with E-state index in [-0.39, 0.29) is 25.2 Å². The smallest absolute Gasteiger partial charge is 0.410 e. The molecule has 1 aliphatic heterocycles. The Kier molecular flexibility index (Phi) is 4.95. The van der Waals surface area contributed by atoms with Crippen LogP contribution in [0.5, 0.6) is 0 Å². The van der Waals surface area contributed by atoms with E-state index < -0.39 is 11.6 Å². The molecular weight excluding hydrogens is 238 g/mol. The number of amides is 1. The van der Waals surface area contributed by atoms with E-state index in [1.165, 1.54) is 0 Å². The summed E-state index contributed by atoms with van der Waals surface area (Å²) in [6, 6.07) is 0. The summed E-state index contributed by atoms with van der Waals surface area (Å²) >= 11 is 0. The highest BCUT2D eigenvalue weighted by Gasteiger charge is 2.30. The standard InChI is InChI=1S/C12H21NO5/c1-12(2,3)18-11(16)13-6-4-9(8-13)17-7-5-10(14)15/h9H,4-8H2,1-3H3,(H,14,15). The molecule has 0 saturated carbocycles. The van der Waals surface area contributed by atoms with E-state index in [1.54, 1.807) is 4.90 Å². The van der Waals surface area contributed by atoms with Gasteiger partial charge in [0.15, 0.2) is 0 Å². The first-order valence-corrected chi connectivity index (χ1v) is 6.09. The molecule has 0 radical (unpaired) electrons. The molecule has 1 atom stereocenters. The maximum Gasteiger partial charge on any atom is 0.410 e. The van der Waals surface area contributed by atoms with Gasteiger partial charge in [-0.05, 0) is 27.2 Å². The minimum atomic E-state index is -0.878. The molecule has 6 nitrogen and oxygen atoms in total. The molecule has 1 aliphatic rings. The number of hydrogen-bond donors (Lipinski definition) is 1. The van der Waals surface area contributed by atoms with E-state index in [0.29, 0.717) is 13.1 Å². The quantitative estimate of drug-likeness (QED) is 0.827. The second-order valence-electron chi connectivity index (χ2n) is 5.35. The van der Waals surface area contributed by atoms with Crippen LogP contribution in [0.15, 0.2) is 0 Å². The average molecular weight is 259 g/mol. The van der Waals surface area contributed by atoms with Crippen molar-refractivity contribution in [3.8, 4) is 0 Å². The van der Waals surface area contributed by atoms with Crippen molar-refractivity contribution in [3.05, 3.63) is 0 Å². The maximum atomic E-state index is 11.7. The van der Waals surface area contributed by atoms with Gasteiger partial charge in [-0.3, -0.25) is 4.79 Å². The Morgan fingerprint density at radius 1 is 1.39 bits per heavy atom. The topological polar surface area (TPSA) is 76.1 Å². The van der Waals surface area contributed by atoms with Gasteiger partial charge in [-0.1, -0.05) is 0 Å². The minimum absolute atomic E-state index is 0.0110. The van der Waals surface area contributed by atoms with Gasteiger partial charge in [-0.2, -0.15) is 0 Å². The van der Waals surface area contributed by atoms with Crippen LogP contribution in [0.1, 0.15) is 33.6 Å². The molecule has 1 saturated heterocycles. The molecule has 0 bridgehead atoms. The van der Waals surface area contributed by atoms with Crippen LogP contribution in [0.2, 0.25) is 0 Å². The third-order valence-electron chi connectivity index (χ3n) is 2.47. The number of carboxylic acid groups (broad SMARTS) is 1. The fraction of sp³-hybridized carbons (Fsp3) is 0.833. The Bertz CT molecular complexity index is 310. The van der Waals surface area contributed by atoms with Crippen LogP contribution in [0, 0.1) is 0 Å². The number of carbonyl (C=O) groups is 2. The lowest BCUT2D eigenvalue weighted by Crippen LogP contribution is -2.36. The fourth-order valence-electron chi connectivity index (χ4n) is 1.67. The first kappa shape index (κ1) is 14.8. The summed E-state index contributed by atoms with van der Waals surface area (Å²) in [7, 11) is 0. The normalized spacial score (nSPS) is 19.9. The summed E-state index contributed by atoms with van der Waals surface area (Å²) in [4.78, 5) is 23.7. The lowest BCUT2D eigenvalue weighted by atomic mass is 10.2. The molecule has 1 unspecified atom stereocenters. The third-order valence-corrected chi connectivity index (χ3v) is 2.47. The summed E-state index contributed by atoms with van der Waals surface area (Å²) in [6.45, 7) is 6.70. The summed E-state index contributed by atoms with van der Waals surface area (Å²) in [5.74, 6) is -0.878. The Labute approximate surface area is 107 Å². The molecule has 0 aliphatic carbocycles. The van der Waals surface area contributed by atoms with Crippen LogP contribution in [0.25, 0.3) is 0 Å². The van der Waals surface area contributed by atoms with Gasteiger partial charge in [0.2, 0.25) is 0 Å². The van der Waals surface area contributed by atoms with Crippen molar-refractivity contribution in [2.24, 2.45) is 0 Å². The van der Waals surface area contributed by atoms with Crippen LogP contribution in [-0.4, -0.2) is 53.5 Å². The third kappa shape index (κ3) is 5.35. The van der Waals surface area contributed by atoms with Crippen LogP contribution in [-0.2, 0) is 14.3 Å². The lowest BCUT2D eigenvalue weighted by Gasteiger charge is -2.24. The first-order valence-electron chi connectivity index (χ1n) is 6.09. The molecule has 1 fully saturated rings. The van der Waals surface area contributed by atoms with Crippen LogP contribution < -0.4 is 0 Å². The summed E-state index contributed by atoms with van der Waals surface area (Å²) in [6.07, 6.45) is 0.283. The highest BCUT2D eigenvalue weighted by molar-refractivity contribution is 5.68. The van der Waals surface area contributed by atoms with E-state index >= 15 is 0 Å². The Morgan fingerprint density at radius 2 is 2.06 bits per heavy atom. The predicted octanol–water partition coefficient (Wildman–Crippen LogP) is 1.49.